The second kappa shape index (κ2) is 7.61. The zero-order chi connectivity index (χ0) is 14.4. The molecule has 0 unspecified atom stereocenters. The van der Waals surface area contributed by atoms with E-state index in [9.17, 15) is 0 Å². The van der Waals surface area contributed by atoms with E-state index < -0.39 is 0 Å². The summed E-state index contributed by atoms with van der Waals surface area (Å²) in [6, 6.07) is 0. The van der Waals surface area contributed by atoms with Gasteiger partial charge in [0.1, 0.15) is 0 Å². The van der Waals surface area contributed by atoms with E-state index in [0.29, 0.717) is 18.6 Å². The monoisotopic (exact) mass is 271 g/mol. The van der Waals surface area contributed by atoms with Gasteiger partial charge in [-0.05, 0) is 49.9 Å². The maximum Gasteiger partial charge on any atom is 0.0700 e. The molecule has 1 aliphatic rings. The van der Waals surface area contributed by atoms with Gasteiger partial charge in [-0.25, -0.2) is 0 Å². The molecule has 2 N–H and O–H groups in total. The summed E-state index contributed by atoms with van der Waals surface area (Å²) in [6.07, 6.45) is 7.08. The Morgan fingerprint density at radius 2 is 1.74 bits per heavy atom. The van der Waals surface area contributed by atoms with E-state index in [4.69, 9.17) is 15.2 Å². The molecule has 1 fully saturated rings. The van der Waals surface area contributed by atoms with Gasteiger partial charge in [-0.3, -0.25) is 0 Å². The summed E-state index contributed by atoms with van der Waals surface area (Å²) in [6.45, 7) is 9.24. The molecule has 0 spiro atoms. The predicted molar refractivity (Wildman–Crippen MR) is 80.3 cm³/mol. The summed E-state index contributed by atoms with van der Waals surface area (Å²) in [7, 11) is 1.70. The van der Waals surface area contributed by atoms with Gasteiger partial charge in [0.25, 0.3) is 0 Å². The van der Waals surface area contributed by atoms with Crippen LogP contribution in [0.25, 0.3) is 0 Å². The second-order valence-electron chi connectivity index (χ2n) is 7.21. The predicted octanol–water partition coefficient (Wildman–Crippen LogP) is 3.36. The van der Waals surface area contributed by atoms with Crippen LogP contribution in [0.4, 0.5) is 0 Å². The number of ether oxygens (including phenoxy) is 2. The van der Waals surface area contributed by atoms with Crippen LogP contribution >= 0.6 is 0 Å². The lowest BCUT2D eigenvalue weighted by Crippen LogP contribution is -2.45. The summed E-state index contributed by atoms with van der Waals surface area (Å²) in [5.74, 6) is 0.835. The third kappa shape index (κ3) is 6.24. The van der Waals surface area contributed by atoms with E-state index in [1.54, 1.807) is 7.11 Å². The van der Waals surface area contributed by atoms with Crippen molar-refractivity contribution in [2.75, 3.05) is 26.9 Å². The summed E-state index contributed by atoms with van der Waals surface area (Å²) in [5.41, 5.74) is 7.02. The van der Waals surface area contributed by atoms with Crippen molar-refractivity contribution in [3.05, 3.63) is 0 Å². The Labute approximate surface area is 119 Å². The average molecular weight is 271 g/mol. The largest absolute Gasteiger partial charge is 0.382 e. The molecule has 0 aliphatic heterocycles. The molecule has 1 aliphatic carbocycles. The van der Waals surface area contributed by atoms with Crippen molar-refractivity contribution >= 4 is 0 Å². The highest BCUT2D eigenvalue weighted by atomic mass is 16.5. The van der Waals surface area contributed by atoms with Crippen LogP contribution in [0.1, 0.15) is 59.3 Å². The zero-order valence-electron chi connectivity index (χ0n) is 13.3. The van der Waals surface area contributed by atoms with Crippen LogP contribution in [0.5, 0.6) is 0 Å². The molecule has 19 heavy (non-hydrogen) atoms. The van der Waals surface area contributed by atoms with Crippen LogP contribution in [0.15, 0.2) is 0 Å². The zero-order valence-corrected chi connectivity index (χ0v) is 13.3. The molecule has 0 aromatic carbocycles. The number of methoxy groups -OCH3 is 1. The summed E-state index contributed by atoms with van der Waals surface area (Å²) in [4.78, 5) is 0. The molecule has 0 aromatic heterocycles. The number of hydrogen-bond donors (Lipinski definition) is 1. The van der Waals surface area contributed by atoms with E-state index in [1.807, 2.05) is 0 Å². The highest BCUT2D eigenvalue weighted by Gasteiger charge is 2.35. The molecule has 114 valence electrons. The first kappa shape index (κ1) is 16.9. The van der Waals surface area contributed by atoms with E-state index in [1.165, 1.54) is 25.7 Å². The van der Waals surface area contributed by atoms with Crippen LogP contribution in [-0.4, -0.2) is 32.5 Å². The third-order valence-electron chi connectivity index (χ3n) is 4.60. The van der Waals surface area contributed by atoms with Crippen molar-refractivity contribution in [3.8, 4) is 0 Å². The molecule has 0 radical (unpaired) electrons. The minimum Gasteiger partial charge on any atom is -0.382 e. The molecule has 0 heterocycles. The third-order valence-corrected chi connectivity index (χ3v) is 4.60. The molecule has 1 rings (SSSR count). The van der Waals surface area contributed by atoms with Crippen LogP contribution in [0.2, 0.25) is 0 Å². The maximum atomic E-state index is 6.53. The Bertz CT molecular complexity index is 240. The van der Waals surface area contributed by atoms with Gasteiger partial charge in [0.15, 0.2) is 0 Å². The fourth-order valence-electron chi connectivity index (χ4n) is 3.08. The van der Waals surface area contributed by atoms with E-state index >= 15 is 0 Å². The Balaban J connectivity index is 2.17. The lowest BCUT2D eigenvalue weighted by Gasteiger charge is -2.42. The molecule has 1 saturated carbocycles. The molecule has 0 atom stereocenters. The van der Waals surface area contributed by atoms with Crippen molar-refractivity contribution in [2.45, 2.75) is 64.8 Å². The smallest absolute Gasteiger partial charge is 0.0700 e. The molecule has 0 aromatic rings. The summed E-state index contributed by atoms with van der Waals surface area (Å²) in [5, 5.41) is 0. The van der Waals surface area contributed by atoms with Gasteiger partial charge in [-0.15, -0.1) is 0 Å². The summed E-state index contributed by atoms with van der Waals surface area (Å²) < 4.78 is 10.5. The van der Waals surface area contributed by atoms with Gasteiger partial charge >= 0.3 is 0 Å². The number of hydrogen-bond acceptors (Lipinski definition) is 3. The Kier molecular flexibility index (Phi) is 6.78. The van der Waals surface area contributed by atoms with E-state index in [2.05, 4.69) is 20.8 Å². The van der Waals surface area contributed by atoms with E-state index in [-0.39, 0.29) is 5.54 Å². The van der Waals surface area contributed by atoms with Crippen LogP contribution in [0, 0.1) is 11.3 Å². The number of rotatable bonds is 7. The SMILES string of the molecule is COCCOCCCC1(N)CCC(C(C)(C)C)CC1. The Morgan fingerprint density at radius 1 is 1.11 bits per heavy atom. The molecule has 0 amide bonds. The van der Waals surface area contributed by atoms with Gasteiger partial charge in [0.05, 0.1) is 13.2 Å². The molecule has 0 bridgehead atoms. The quantitative estimate of drug-likeness (QED) is 0.722. The second-order valence-corrected chi connectivity index (χ2v) is 7.21. The first-order valence-corrected chi connectivity index (χ1v) is 7.73. The minimum absolute atomic E-state index is 0.0619. The van der Waals surface area contributed by atoms with Crippen LogP contribution in [-0.2, 0) is 9.47 Å². The van der Waals surface area contributed by atoms with Gasteiger partial charge in [0, 0.05) is 19.3 Å². The highest BCUT2D eigenvalue weighted by Crippen LogP contribution is 2.41. The molecular weight excluding hydrogens is 238 g/mol. The van der Waals surface area contributed by atoms with Crippen molar-refractivity contribution < 1.29 is 9.47 Å². The van der Waals surface area contributed by atoms with Crippen LogP contribution < -0.4 is 5.73 Å². The first-order valence-electron chi connectivity index (χ1n) is 7.73. The maximum absolute atomic E-state index is 6.53. The topological polar surface area (TPSA) is 44.5 Å². The van der Waals surface area contributed by atoms with Gasteiger partial charge < -0.3 is 15.2 Å². The molecule has 3 heteroatoms. The minimum atomic E-state index is 0.0619. The standard InChI is InChI=1S/C16H33NO2/c1-15(2,3)14-6-9-16(17,10-7-14)8-5-11-19-13-12-18-4/h14H,5-13,17H2,1-4H3. The van der Waals surface area contributed by atoms with Crippen molar-refractivity contribution in [1.82, 2.24) is 0 Å². The molecular formula is C16H33NO2. The molecule has 3 nitrogen and oxygen atoms in total. The van der Waals surface area contributed by atoms with Gasteiger partial charge in [-0.1, -0.05) is 20.8 Å². The van der Waals surface area contributed by atoms with Crippen molar-refractivity contribution in [3.63, 3.8) is 0 Å². The lowest BCUT2D eigenvalue weighted by atomic mass is 9.66. The van der Waals surface area contributed by atoms with Gasteiger partial charge in [0.2, 0.25) is 0 Å². The normalized spacial score (nSPS) is 28.6. The number of nitrogens with two attached hydrogens (primary N) is 1. The first-order chi connectivity index (χ1) is 8.87. The fourth-order valence-corrected chi connectivity index (χ4v) is 3.08. The molecule has 0 saturated heterocycles. The average Bonchev–Trinajstić information content (AvgIpc) is 2.33. The fraction of sp³-hybridized carbons (Fsp3) is 1.00. The van der Waals surface area contributed by atoms with Gasteiger partial charge in [-0.2, -0.15) is 0 Å². The Morgan fingerprint density at radius 3 is 2.26 bits per heavy atom. The lowest BCUT2D eigenvalue weighted by molar-refractivity contribution is 0.0625. The van der Waals surface area contributed by atoms with E-state index in [0.717, 1.165) is 25.4 Å². The van der Waals surface area contributed by atoms with Crippen molar-refractivity contribution in [1.29, 1.82) is 0 Å². The highest BCUT2D eigenvalue weighted by molar-refractivity contribution is 4.92. The Hall–Kier alpha value is -0.120. The summed E-state index contributed by atoms with van der Waals surface area (Å²) >= 11 is 0. The van der Waals surface area contributed by atoms with Crippen LogP contribution in [0.3, 0.4) is 0 Å². The van der Waals surface area contributed by atoms with Crippen molar-refractivity contribution in [2.24, 2.45) is 17.1 Å².